The lowest BCUT2D eigenvalue weighted by molar-refractivity contribution is 0.254. The van der Waals surface area contributed by atoms with Gasteiger partial charge in [0.2, 0.25) is 0 Å². The van der Waals surface area contributed by atoms with Crippen LogP contribution in [0, 0.1) is 11.8 Å². The third-order valence-electron chi connectivity index (χ3n) is 6.59. The largest absolute Gasteiger partial charge is 0.303 e. The Morgan fingerprint density at radius 1 is 0.400 bits per heavy atom. The van der Waals surface area contributed by atoms with E-state index in [0.29, 0.717) is 0 Å². The van der Waals surface area contributed by atoms with Gasteiger partial charge in [-0.3, -0.25) is 0 Å². The quantitative estimate of drug-likeness (QED) is 0.140. The first-order chi connectivity index (χ1) is 14.6. The highest BCUT2D eigenvalue weighted by molar-refractivity contribution is 4.61. The summed E-state index contributed by atoms with van der Waals surface area (Å²) in [7, 11) is 0. The van der Waals surface area contributed by atoms with Crippen LogP contribution in [0.5, 0.6) is 0 Å². The Labute approximate surface area is 193 Å². The molecular formula is C29H61N. The van der Waals surface area contributed by atoms with Crippen LogP contribution >= 0.6 is 0 Å². The fourth-order valence-electron chi connectivity index (χ4n) is 4.46. The lowest BCUT2D eigenvalue weighted by atomic mass is 10.0. The Morgan fingerprint density at radius 3 is 1.03 bits per heavy atom. The van der Waals surface area contributed by atoms with Crippen LogP contribution in [-0.2, 0) is 0 Å². The van der Waals surface area contributed by atoms with Gasteiger partial charge in [0.1, 0.15) is 0 Å². The van der Waals surface area contributed by atoms with Crippen LogP contribution in [0.2, 0.25) is 0 Å². The molecule has 0 spiro atoms. The van der Waals surface area contributed by atoms with E-state index in [1.165, 1.54) is 142 Å². The Bertz CT molecular complexity index is 287. The minimum absolute atomic E-state index is 0.882. The van der Waals surface area contributed by atoms with Gasteiger partial charge in [0.05, 0.1) is 0 Å². The second-order valence-electron chi connectivity index (χ2n) is 10.9. The SMILES string of the molecule is CCCCCCCCCN(CCCCCCCC(C)C)CCCCCCCC(C)C. The zero-order valence-corrected chi connectivity index (χ0v) is 22.2. The maximum atomic E-state index is 2.81. The molecule has 0 fully saturated rings. The predicted molar refractivity (Wildman–Crippen MR) is 140 cm³/mol. The monoisotopic (exact) mass is 423 g/mol. The number of unbranched alkanes of at least 4 members (excludes halogenated alkanes) is 14. The van der Waals surface area contributed by atoms with E-state index in [1.807, 2.05) is 0 Å². The third-order valence-corrected chi connectivity index (χ3v) is 6.59. The van der Waals surface area contributed by atoms with Crippen molar-refractivity contribution in [3.8, 4) is 0 Å². The number of hydrogen-bond donors (Lipinski definition) is 0. The van der Waals surface area contributed by atoms with Crippen molar-refractivity contribution in [3.63, 3.8) is 0 Å². The average molecular weight is 424 g/mol. The van der Waals surface area contributed by atoms with Crippen LogP contribution < -0.4 is 0 Å². The molecule has 0 bridgehead atoms. The van der Waals surface area contributed by atoms with E-state index in [4.69, 9.17) is 0 Å². The third kappa shape index (κ3) is 24.2. The highest BCUT2D eigenvalue weighted by Crippen LogP contribution is 2.14. The van der Waals surface area contributed by atoms with Gasteiger partial charge in [-0.2, -0.15) is 0 Å². The normalized spacial score (nSPS) is 12.0. The van der Waals surface area contributed by atoms with Crippen molar-refractivity contribution in [2.24, 2.45) is 11.8 Å². The Hall–Kier alpha value is -0.0400. The summed E-state index contributed by atoms with van der Waals surface area (Å²) in [5.41, 5.74) is 0. The van der Waals surface area contributed by atoms with Gasteiger partial charge in [0.25, 0.3) is 0 Å². The molecule has 182 valence electrons. The maximum absolute atomic E-state index is 2.81. The summed E-state index contributed by atoms with van der Waals surface area (Å²) in [6, 6.07) is 0. The first-order valence-electron chi connectivity index (χ1n) is 14.3. The van der Waals surface area contributed by atoms with E-state index in [2.05, 4.69) is 39.5 Å². The standard InChI is InChI=1S/C29H61N/c1-6-7-8-9-10-15-20-25-30(26-21-16-11-13-18-23-28(2)3)27-22-17-12-14-19-24-29(4)5/h28-29H,6-27H2,1-5H3. The molecule has 0 aromatic carbocycles. The molecule has 0 rings (SSSR count). The fraction of sp³-hybridized carbons (Fsp3) is 1.00. The van der Waals surface area contributed by atoms with Crippen molar-refractivity contribution in [1.29, 1.82) is 0 Å². The van der Waals surface area contributed by atoms with Crippen molar-refractivity contribution in [2.75, 3.05) is 19.6 Å². The molecule has 0 aliphatic rings. The summed E-state index contributed by atoms with van der Waals surface area (Å²) in [4.78, 5) is 2.81. The molecule has 0 atom stereocenters. The van der Waals surface area contributed by atoms with Crippen LogP contribution in [0.15, 0.2) is 0 Å². The van der Waals surface area contributed by atoms with Gasteiger partial charge in [-0.05, 0) is 50.7 Å². The molecule has 0 aromatic rings. The van der Waals surface area contributed by atoms with E-state index in [1.54, 1.807) is 0 Å². The molecule has 0 unspecified atom stereocenters. The first-order valence-corrected chi connectivity index (χ1v) is 14.3. The molecule has 1 nitrogen and oxygen atoms in total. The van der Waals surface area contributed by atoms with E-state index in [-0.39, 0.29) is 0 Å². The topological polar surface area (TPSA) is 3.24 Å². The molecule has 0 radical (unpaired) electrons. The van der Waals surface area contributed by atoms with Crippen molar-refractivity contribution < 1.29 is 0 Å². The molecule has 0 aromatic heterocycles. The molecule has 1 heteroatoms. The zero-order valence-electron chi connectivity index (χ0n) is 22.2. The van der Waals surface area contributed by atoms with Crippen LogP contribution in [0.25, 0.3) is 0 Å². The Morgan fingerprint density at radius 2 is 0.700 bits per heavy atom. The van der Waals surface area contributed by atoms with E-state index in [9.17, 15) is 0 Å². The summed E-state index contributed by atoms with van der Waals surface area (Å²) in [5, 5.41) is 0. The zero-order chi connectivity index (χ0) is 22.3. The van der Waals surface area contributed by atoms with Gasteiger partial charge in [0.15, 0.2) is 0 Å². The fourth-order valence-corrected chi connectivity index (χ4v) is 4.46. The van der Waals surface area contributed by atoms with Gasteiger partial charge in [-0.15, -0.1) is 0 Å². The molecular weight excluding hydrogens is 362 g/mol. The van der Waals surface area contributed by atoms with Crippen molar-refractivity contribution in [3.05, 3.63) is 0 Å². The van der Waals surface area contributed by atoms with E-state index >= 15 is 0 Å². The lowest BCUT2D eigenvalue weighted by Crippen LogP contribution is -2.27. The van der Waals surface area contributed by atoms with Crippen LogP contribution in [0.3, 0.4) is 0 Å². The van der Waals surface area contributed by atoms with Crippen LogP contribution in [-0.4, -0.2) is 24.5 Å². The molecule has 0 N–H and O–H groups in total. The predicted octanol–water partition coefficient (Wildman–Crippen LogP) is 10.0. The first kappa shape index (κ1) is 30.0. The summed E-state index contributed by atoms with van der Waals surface area (Å²) < 4.78 is 0. The minimum Gasteiger partial charge on any atom is -0.303 e. The smallest absolute Gasteiger partial charge is 0.00187 e. The van der Waals surface area contributed by atoms with Gasteiger partial charge < -0.3 is 4.90 Å². The van der Waals surface area contributed by atoms with Gasteiger partial charge in [-0.25, -0.2) is 0 Å². The molecule has 0 aliphatic heterocycles. The molecule has 30 heavy (non-hydrogen) atoms. The minimum atomic E-state index is 0.882. The number of rotatable bonds is 24. The van der Waals surface area contributed by atoms with Gasteiger partial charge in [-0.1, -0.05) is 137 Å². The lowest BCUT2D eigenvalue weighted by Gasteiger charge is -2.22. The molecule has 0 amide bonds. The number of hydrogen-bond acceptors (Lipinski definition) is 1. The maximum Gasteiger partial charge on any atom is -0.00187 e. The average Bonchev–Trinajstić information content (AvgIpc) is 2.70. The highest BCUT2D eigenvalue weighted by atomic mass is 15.1. The van der Waals surface area contributed by atoms with Crippen LogP contribution in [0.1, 0.15) is 157 Å². The second kappa shape index (κ2) is 23.6. The number of nitrogens with zero attached hydrogens (tertiary/aromatic N) is 1. The molecule has 0 aliphatic carbocycles. The summed E-state index contributed by atoms with van der Waals surface area (Å²) in [6.07, 6.45) is 27.3. The Kier molecular flexibility index (Phi) is 23.6. The van der Waals surface area contributed by atoms with Crippen molar-refractivity contribution in [1.82, 2.24) is 4.90 Å². The van der Waals surface area contributed by atoms with Crippen molar-refractivity contribution in [2.45, 2.75) is 157 Å². The second-order valence-corrected chi connectivity index (χ2v) is 10.9. The van der Waals surface area contributed by atoms with Gasteiger partial charge in [0, 0.05) is 0 Å². The Balaban J connectivity index is 3.86. The summed E-state index contributed by atoms with van der Waals surface area (Å²) in [5.74, 6) is 1.76. The van der Waals surface area contributed by atoms with Crippen molar-refractivity contribution >= 4 is 0 Å². The molecule has 0 saturated heterocycles. The summed E-state index contributed by atoms with van der Waals surface area (Å²) >= 11 is 0. The summed E-state index contributed by atoms with van der Waals surface area (Å²) in [6.45, 7) is 15.8. The van der Waals surface area contributed by atoms with E-state index < -0.39 is 0 Å². The van der Waals surface area contributed by atoms with Gasteiger partial charge >= 0.3 is 0 Å². The molecule has 0 heterocycles. The highest BCUT2D eigenvalue weighted by Gasteiger charge is 2.05. The molecule has 0 saturated carbocycles. The van der Waals surface area contributed by atoms with Crippen LogP contribution in [0.4, 0.5) is 0 Å². The van der Waals surface area contributed by atoms with E-state index in [0.717, 1.165) is 11.8 Å².